The van der Waals surface area contributed by atoms with Gasteiger partial charge in [-0.3, -0.25) is 9.48 Å². The predicted octanol–water partition coefficient (Wildman–Crippen LogP) is 3.65. The molecule has 1 aliphatic heterocycles. The van der Waals surface area contributed by atoms with Crippen molar-refractivity contribution in [3.63, 3.8) is 0 Å². The summed E-state index contributed by atoms with van der Waals surface area (Å²) < 4.78 is 2.00. The summed E-state index contributed by atoms with van der Waals surface area (Å²) in [5.74, 6) is 0.0929. The predicted molar refractivity (Wildman–Crippen MR) is 126 cm³/mol. The third kappa shape index (κ3) is 5.48. The van der Waals surface area contributed by atoms with Gasteiger partial charge in [-0.1, -0.05) is 23.7 Å². The molecule has 4 rings (SSSR count). The first-order valence-corrected chi connectivity index (χ1v) is 11.1. The highest BCUT2D eigenvalue weighted by Crippen LogP contribution is 2.28. The fraction of sp³-hybridized carbons (Fsp3) is 0.348. The van der Waals surface area contributed by atoms with Crippen LogP contribution in [0.1, 0.15) is 36.2 Å². The lowest BCUT2D eigenvalue weighted by Gasteiger charge is -2.28. The number of rotatable bonds is 6. The van der Waals surface area contributed by atoms with Crippen molar-refractivity contribution in [2.24, 2.45) is 0 Å². The summed E-state index contributed by atoms with van der Waals surface area (Å²) in [5.41, 5.74) is 2.55. The Balaban J connectivity index is 1.47. The Morgan fingerprint density at radius 2 is 1.97 bits per heavy atom. The number of hydrogen-bond acceptors (Lipinski definition) is 7. The van der Waals surface area contributed by atoms with Crippen molar-refractivity contribution in [1.82, 2.24) is 30.0 Å². The molecule has 1 fully saturated rings. The fourth-order valence-corrected chi connectivity index (χ4v) is 3.91. The lowest BCUT2D eigenvalue weighted by atomic mass is 10.1. The van der Waals surface area contributed by atoms with Crippen molar-refractivity contribution in [3.05, 3.63) is 53.4 Å². The number of nitrogens with one attached hydrogen (secondary N) is 2. The van der Waals surface area contributed by atoms with Gasteiger partial charge in [0.05, 0.1) is 40.9 Å². The number of anilines is 2. The molecule has 10 heteroatoms. The van der Waals surface area contributed by atoms with Crippen LogP contribution in [-0.4, -0.2) is 56.7 Å². The number of aromatic nitrogens is 4. The average molecular weight is 465 g/mol. The van der Waals surface area contributed by atoms with E-state index >= 15 is 0 Å². The molecule has 3 aromatic rings. The van der Waals surface area contributed by atoms with Crippen LogP contribution in [0, 0.1) is 11.3 Å². The number of benzene rings is 1. The highest BCUT2D eigenvalue weighted by atomic mass is 35.5. The summed E-state index contributed by atoms with van der Waals surface area (Å²) in [6.07, 6.45) is 7.43. The van der Waals surface area contributed by atoms with Gasteiger partial charge in [0.25, 0.3) is 5.91 Å². The minimum atomic E-state index is -0.564. The van der Waals surface area contributed by atoms with Gasteiger partial charge in [-0.05, 0) is 52.0 Å². The summed E-state index contributed by atoms with van der Waals surface area (Å²) in [4.78, 5) is 23.4. The number of carbonyl (C=O) groups is 1. The van der Waals surface area contributed by atoms with Crippen molar-refractivity contribution in [1.29, 1.82) is 5.26 Å². The molecule has 2 aromatic heterocycles. The van der Waals surface area contributed by atoms with E-state index in [1.54, 1.807) is 43.6 Å². The van der Waals surface area contributed by atoms with Gasteiger partial charge in [-0.2, -0.15) is 10.4 Å². The number of piperidine rings is 1. The van der Waals surface area contributed by atoms with E-state index in [1.807, 2.05) is 16.9 Å². The maximum Gasteiger partial charge on any atom is 0.252 e. The molecule has 170 valence electrons. The Kier molecular flexibility index (Phi) is 6.87. The highest BCUT2D eigenvalue weighted by Gasteiger charge is 2.19. The Labute approximate surface area is 197 Å². The third-order valence-electron chi connectivity index (χ3n) is 5.63. The normalized spacial score (nSPS) is 15.6. The second-order valence-electron chi connectivity index (χ2n) is 8.16. The molecule has 0 unspecified atom stereocenters. The second kappa shape index (κ2) is 9.98. The minimum Gasteiger partial charge on any atom is -0.337 e. The molecule has 33 heavy (non-hydrogen) atoms. The van der Waals surface area contributed by atoms with Gasteiger partial charge in [-0.25, -0.2) is 9.97 Å². The SMILES string of the molecule is C[C@@H](C#N)NC(=O)c1ccc(-c2nc(Nc3cnn(C4CCN(C)CC4)c3)ncc2Cl)cc1. The van der Waals surface area contributed by atoms with Crippen LogP contribution in [-0.2, 0) is 0 Å². The molecule has 0 saturated carbocycles. The van der Waals surface area contributed by atoms with E-state index in [9.17, 15) is 4.79 Å². The van der Waals surface area contributed by atoms with Crippen molar-refractivity contribution in [3.8, 4) is 17.3 Å². The molecule has 0 radical (unpaired) electrons. The molecule has 1 atom stereocenters. The second-order valence-corrected chi connectivity index (χ2v) is 8.57. The zero-order chi connectivity index (χ0) is 23.4. The summed E-state index contributed by atoms with van der Waals surface area (Å²) >= 11 is 6.35. The molecular formula is C23H25ClN8O. The molecule has 3 heterocycles. The van der Waals surface area contributed by atoms with Gasteiger partial charge < -0.3 is 15.5 Å². The first-order chi connectivity index (χ1) is 15.9. The van der Waals surface area contributed by atoms with Crippen molar-refractivity contribution in [2.75, 3.05) is 25.5 Å². The zero-order valence-corrected chi connectivity index (χ0v) is 19.3. The number of nitriles is 1. The van der Waals surface area contributed by atoms with Crippen LogP contribution in [0.25, 0.3) is 11.3 Å². The molecule has 1 aromatic carbocycles. The van der Waals surface area contributed by atoms with E-state index in [1.165, 1.54) is 0 Å². The van der Waals surface area contributed by atoms with E-state index in [0.29, 0.717) is 28.3 Å². The van der Waals surface area contributed by atoms with Gasteiger partial charge in [0.1, 0.15) is 6.04 Å². The molecule has 1 saturated heterocycles. The molecule has 9 nitrogen and oxygen atoms in total. The number of nitrogens with zero attached hydrogens (tertiary/aromatic N) is 6. The molecule has 0 bridgehead atoms. The molecule has 1 aliphatic rings. The summed E-state index contributed by atoms with van der Waals surface area (Å²) in [6, 6.07) is 8.68. The maximum absolute atomic E-state index is 12.2. The maximum atomic E-state index is 12.2. The van der Waals surface area contributed by atoms with Gasteiger partial charge in [0.15, 0.2) is 0 Å². The summed E-state index contributed by atoms with van der Waals surface area (Å²) in [7, 11) is 2.14. The van der Waals surface area contributed by atoms with E-state index in [-0.39, 0.29) is 5.91 Å². The van der Waals surface area contributed by atoms with Crippen LogP contribution in [0.3, 0.4) is 0 Å². The minimum absolute atomic E-state index is 0.312. The standard InChI is InChI=1S/C23H25ClN8O/c1-15(11-25)28-22(33)17-5-3-16(4-6-17)21-20(24)13-26-23(30-21)29-18-12-27-32(14-18)19-7-9-31(2)10-8-19/h3-6,12-15,19H,7-10H2,1-2H3,(H,28,33)(H,26,29,30)/t15-/m0/s1. The van der Waals surface area contributed by atoms with Crippen LogP contribution in [0.2, 0.25) is 5.02 Å². The molecule has 0 spiro atoms. The van der Waals surface area contributed by atoms with Gasteiger partial charge >= 0.3 is 0 Å². The Bertz CT molecular complexity index is 1160. The lowest BCUT2D eigenvalue weighted by molar-refractivity contribution is 0.0948. The van der Waals surface area contributed by atoms with E-state index in [4.69, 9.17) is 16.9 Å². The number of likely N-dealkylation sites (tertiary alicyclic amines) is 1. The monoisotopic (exact) mass is 464 g/mol. The third-order valence-corrected chi connectivity index (χ3v) is 5.90. The Hall–Kier alpha value is -3.48. The van der Waals surface area contributed by atoms with Crippen molar-refractivity contribution < 1.29 is 4.79 Å². The first kappa shape index (κ1) is 22.7. The largest absolute Gasteiger partial charge is 0.337 e. The average Bonchev–Trinajstić information content (AvgIpc) is 3.29. The number of hydrogen-bond donors (Lipinski definition) is 2. The smallest absolute Gasteiger partial charge is 0.252 e. The van der Waals surface area contributed by atoms with E-state index in [2.05, 4.69) is 37.6 Å². The number of carbonyl (C=O) groups excluding carboxylic acids is 1. The van der Waals surface area contributed by atoms with Crippen LogP contribution in [0.5, 0.6) is 0 Å². The summed E-state index contributed by atoms with van der Waals surface area (Å²) in [6.45, 7) is 3.75. The van der Waals surface area contributed by atoms with Crippen LogP contribution < -0.4 is 10.6 Å². The fourth-order valence-electron chi connectivity index (χ4n) is 3.71. The van der Waals surface area contributed by atoms with E-state index in [0.717, 1.165) is 37.2 Å². The molecule has 2 N–H and O–H groups in total. The van der Waals surface area contributed by atoms with Crippen LogP contribution in [0.15, 0.2) is 42.9 Å². The lowest BCUT2D eigenvalue weighted by Crippen LogP contribution is -2.31. The number of amides is 1. The molecule has 1 amide bonds. The van der Waals surface area contributed by atoms with Crippen LogP contribution in [0.4, 0.5) is 11.6 Å². The first-order valence-electron chi connectivity index (χ1n) is 10.8. The summed E-state index contributed by atoms with van der Waals surface area (Å²) in [5, 5.41) is 19.6. The van der Waals surface area contributed by atoms with Gasteiger partial charge in [0, 0.05) is 17.3 Å². The van der Waals surface area contributed by atoms with Crippen molar-refractivity contribution >= 4 is 29.1 Å². The van der Waals surface area contributed by atoms with Gasteiger partial charge in [-0.15, -0.1) is 0 Å². The van der Waals surface area contributed by atoms with Gasteiger partial charge in [0.2, 0.25) is 5.95 Å². The number of halogens is 1. The molecule has 0 aliphatic carbocycles. The Morgan fingerprint density at radius 3 is 2.67 bits per heavy atom. The van der Waals surface area contributed by atoms with E-state index < -0.39 is 6.04 Å². The topological polar surface area (TPSA) is 112 Å². The highest BCUT2D eigenvalue weighted by molar-refractivity contribution is 6.32. The van der Waals surface area contributed by atoms with Crippen LogP contribution >= 0.6 is 11.6 Å². The zero-order valence-electron chi connectivity index (χ0n) is 18.5. The molecular weight excluding hydrogens is 440 g/mol. The van der Waals surface area contributed by atoms with Crippen molar-refractivity contribution in [2.45, 2.75) is 31.8 Å². The Morgan fingerprint density at radius 1 is 1.24 bits per heavy atom. The quantitative estimate of drug-likeness (QED) is 0.572.